The monoisotopic (exact) mass is 390 g/mol. The SMILES string of the molecule is O=C(NCc1ccccc1F)C1CCCN(c2ccc(-c3ccccc3)nn2)C1. The normalized spacial score (nSPS) is 16.4. The fraction of sp³-hybridized carbons (Fsp3) is 0.261. The van der Waals surface area contributed by atoms with Gasteiger partial charge in [-0.25, -0.2) is 4.39 Å². The molecule has 1 unspecified atom stereocenters. The second-order valence-corrected chi connectivity index (χ2v) is 7.24. The molecule has 1 N–H and O–H groups in total. The smallest absolute Gasteiger partial charge is 0.225 e. The summed E-state index contributed by atoms with van der Waals surface area (Å²) in [6.07, 6.45) is 1.72. The highest BCUT2D eigenvalue weighted by atomic mass is 19.1. The Kier molecular flexibility index (Phi) is 5.79. The molecule has 29 heavy (non-hydrogen) atoms. The van der Waals surface area contributed by atoms with Gasteiger partial charge in [0.05, 0.1) is 11.6 Å². The summed E-state index contributed by atoms with van der Waals surface area (Å²) in [7, 11) is 0. The van der Waals surface area contributed by atoms with E-state index in [1.165, 1.54) is 6.07 Å². The number of aromatic nitrogens is 2. The summed E-state index contributed by atoms with van der Waals surface area (Å²) in [6, 6.07) is 20.3. The van der Waals surface area contributed by atoms with Gasteiger partial charge in [0.2, 0.25) is 5.91 Å². The van der Waals surface area contributed by atoms with Crippen LogP contribution in [0.15, 0.2) is 66.7 Å². The second kappa shape index (κ2) is 8.82. The van der Waals surface area contributed by atoms with Gasteiger partial charge in [0.1, 0.15) is 5.82 Å². The van der Waals surface area contributed by atoms with Crippen LogP contribution in [0.5, 0.6) is 0 Å². The van der Waals surface area contributed by atoms with Crippen LogP contribution in [0.1, 0.15) is 18.4 Å². The largest absolute Gasteiger partial charge is 0.354 e. The van der Waals surface area contributed by atoms with E-state index in [0.717, 1.165) is 36.5 Å². The van der Waals surface area contributed by atoms with Gasteiger partial charge >= 0.3 is 0 Å². The lowest BCUT2D eigenvalue weighted by Gasteiger charge is -2.32. The van der Waals surface area contributed by atoms with Gasteiger partial charge in [-0.3, -0.25) is 4.79 Å². The topological polar surface area (TPSA) is 58.1 Å². The Labute approximate surface area is 169 Å². The van der Waals surface area contributed by atoms with Gasteiger partial charge in [0, 0.05) is 30.8 Å². The highest BCUT2D eigenvalue weighted by Crippen LogP contribution is 2.23. The standard InChI is InChI=1S/C23H23FN4O/c24-20-11-5-4-9-18(20)15-25-23(29)19-10-6-14-28(16-19)22-13-12-21(26-27-22)17-7-2-1-3-8-17/h1-5,7-9,11-13,19H,6,10,14-16H2,(H,25,29). The van der Waals surface area contributed by atoms with E-state index in [2.05, 4.69) is 20.4 Å². The molecule has 1 fully saturated rings. The maximum Gasteiger partial charge on any atom is 0.225 e. The third-order valence-corrected chi connectivity index (χ3v) is 5.25. The molecular formula is C23H23FN4O. The molecule has 1 aliphatic heterocycles. The summed E-state index contributed by atoms with van der Waals surface area (Å²) in [4.78, 5) is 14.7. The second-order valence-electron chi connectivity index (χ2n) is 7.24. The third kappa shape index (κ3) is 4.59. The molecule has 1 aromatic heterocycles. The van der Waals surface area contributed by atoms with E-state index in [4.69, 9.17) is 0 Å². The number of anilines is 1. The number of hydrogen-bond acceptors (Lipinski definition) is 4. The molecule has 1 saturated heterocycles. The number of nitrogens with zero attached hydrogens (tertiary/aromatic N) is 3. The van der Waals surface area contributed by atoms with E-state index in [1.807, 2.05) is 42.5 Å². The number of halogens is 1. The summed E-state index contributed by atoms with van der Waals surface area (Å²) >= 11 is 0. The molecule has 0 radical (unpaired) electrons. The molecule has 1 aliphatic rings. The van der Waals surface area contributed by atoms with Crippen LogP contribution in [0.4, 0.5) is 10.2 Å². The van der Waals surface area contributed by atoms with E-state index in [1.54, 1.807) is 18.2 Å². The van der Waals surface area contributed by atoms with Crippen LogP contribution in [0.3, 0.4) is 0 Å². The number of piperidine rings is 1. The first-order chi connectivity index (χ1) is 14.2. The molecule has 5 nitrogen and oxygen atoms in total. The number of rotatable bonds is 5. The van der Waals surface area contributed by atoms with Crippen molar-refractivity contribution in [1.82, 2.24) is 15.5 Å². The molecule has 0 aliphatic carbocycles. The molecule has 2 heterocycles. The summed E-state index contributed by atoms with van der Waals surface area (Å²) < 4.78 is 13.7. The van der Waals surface area contributed by atoms with Crippen LogP contribution in [0, 0.1) is 11.7 Å². The molecule has 1 amide bonds. The molecule has 3 aromatic rings. The molecule has 4 rings (SSSR count). The molecule has 2 aromatic carbocycles. The van der Waals surface area contributed by atoms with Crippen molar-refractivity contribution < 1.29 is 9.18 Å². The highest BCUT2D eigenvalue weighted by Gasteiger charge is 2.26. The van der Waals surface area contributed by atoms with E-state index in [9.17, 15) is 9.18 Å². The summed E-state index contributed by atoms with van der Waals surface area (Å²) in [5.74, 6) is 0.279. The lowest BCUT2D eigenvalue weighted by atomic mass is 9.97. The van der Waals surface area contributed by atoms with E-state index < -0.39 is 0 Å². The number of amides is 1. The lowest BCUT2D eigenvalue weighted by molar-refractivity contribution is -0.125. The number of nitrogens with one attached hydrogen (secondary N) is 1. The van der Waals surface area contributed by atoms with Crippen molar-refractivity contribution in [3.05, 3.63) is 78.1 Å². The van der Waals surface area contributed by atoms with Gasteiger partial charge in [0.15, 0.2) is 5.82 Å². The van der Waals surface area contributed by atoms with Crippen molar-refractivity contribution in [1.29, 1.82) is 0 Å². The zero-order chi connectivity index (χ0) is 20.1. The molecule has 0 spiro atoms. The minimum absolute atomic E-state index is 0.0492. The Balaban J connectivity index is 1.38. The summed E-state index contributed by atoms with van der Waals surface area (Å²) in [5.41, 5.74) is 2.34. The first-order valence-electron chi connectivity index (χ1n) is 9.86. The maximum atomic E-state index is 13.7. The Morgan fingerprint density at radius 2 is 1.83 bits per heavy atom. The first kappa shape index (κ1) is 19.1. The Morgan fingerprint density at radius 1 is 1.03 bits per heavy atom. The van der Waals surface area contributed by atoms with Crippen LogP contribution in [-0.2, 0) is 11.3 Å². The molecule has 0 bridgehead atoms. The quantitative estimate of drug-likeness (QED) is 0.720. The maximum absolute atomic E-state index is 13.7. The molecular weight excluding hydrogens is 367 g/mol. The van der Waals surface area contributed by atoms with Gasteiger partial charge in [-0.2, -0.15) is 0 Å². The van der Waals surface area contributed by atoms with Crippen LogP contribution in [0.2, 0.25) is 0 Å². The zero-order valence-corrected chi connectivity index (χ0v) is 16.1. The Morgan fingerprint density at radius 3 is 2.59 bits per heavy atom. The van der Waals surface area contributed by atoms with Crippen LogP contribution >= 0.6 is 0 Å². The van der Waals surface area contributed by atoms with Crippen molar-refractivity contribution in [3.63, 3.8) is 0 Å². The average molecular weight is 390 g/mol. The summed E-state index contributed by atoms with van der Waals surface area (Å²) in [5, 5.41) is 11.6. The van der Waals surface area contributed by atoms with Gasteiger partial charge in [0.25, 0.3) is 0 Å². The number of hydrogen-bond donors (Lipinski definition) is 1. The minimum atomic E-state index is -0.299. The summed E-state index contributed by atoms with van der Waals surface area (Å²) in [6.45, 7) is 1.63. The average Bonchev–Trinajstić information content (AvgIpc) is 2.79. The van der Waals surface area contributed by atoms with Gasteiger partial charge < -0.3 is 10.2 Å². The fourth-order valence-electron chi connectivity index (χ4n) is 3.62. The van der Waals surface area contributed by atoms with Crippen molar-refractivity contribution >= 4 is 11.7 Å². The van der Waals surface area contributed by atoms with Crippen LogP contribution in [0.25, 0.3) is 11.3 Å². The van der Waals surface area contributed by atoms with Gasteiger partial charge in [-0.05, 0) is 31.0 Å². The van der Waals surface area contributed by atoms with E-state index >= 15 is 0 Å². The van der Waals surface area contributed by atoms with E-state index in [0.29, 0.717) is 12.1 Å². The predicted molar refractivity (Wildman–Crippen MR) is 111 cm³/mol. The van der Waals surface area contributed by atoms with Crippen molar-refractivity contribution in [2.24, 2.45) is 5.92 Å². The fourth-order valence-corrected chi connectivity index (χ4v) is 3.62. The number of carbonyl (C=O) groups excluding carboxylic acids is 1. The Bertz CT molecular complexity index is 962. The third-order valence-electron chi connectivity index (χ3n) is 5.25. The van der Waals surface area contributed by atoms with Crippen LogP contribution < -0.4 is 10.2 Å². The molecule has 0 saturated carbocycles. The molecule has 148 valence electrons. The highest BCUT2D eigenvalue weighted by molar-refractivity contribution is 5.79. The predicted octanol–water partition coefficient (Wildman–Crippen LogP) is 3.82. The molecule has 6 heteroatoms. The Hall–Kier alpha value is -3.28. The molecule has 1 atom stereocenters. The lowest BCUT2D eigenvalue weighted by Crippen LogP contribution is -2.43. The van der Waals surface area contributed by atoms with Gasteiger partial charge in [-0.1, -0.05) is 48.5 Å². The van der Waals surface area contributed by atoms with Gasteiger partial charge in [-0.15, -0.1) is 10.2 Å². The van der Waals surface area contributed by atoms with Crippen molar-refractivity contribution in [2.75, 3.05) is 18.0 Å². The number of benzene rings is 2. The zero-order valence-electron chi connectivity index (χ0n) is 16.1. The van der Waals surface area contributed by atoms with Crippen molar-refractivity contribution in [3.8, 4) is 11.3 Å². The van der Waals surface area contributed by atoms with Crippen molar-refractivity contribution in [2.45, 2.75) is 19.4 Å². The number of carbonyl (C=O) groups is 1. The van der Waals surface area contributed by atoms with E-state index in [-0.39, 0.29) is 24.2 Å². The first-order valence-corrected chi connectivity index (χ1v) is 9.86. The van der Waals surface area contributed by atoms with Crippen LogP contribution in [-0.4, -0.2) is 29.2 Å². The minimum Gasteiger partial charge on any atom is -0.354 e.